The summed E-state index contributed by atoms with van der Waals surface area (Å²) in [4.78, 5) is 20.5. The summed E-state index contributed by atoms with van der Waals surface area (Å²) in [5.41, 5.74) is 9.96. The van der Waals surface area contributed by atoms with Gasteiger partial charge in [0.05, 0.1) is 17.6 Å². The van der Waals surface area contributed by atoms with Gasteiger partial charge < -0.3 is 10.3 Å². The second kappa shape index (κ2) is 7.63. The molecule has 0 spiro atoms. The van der Waals surface area contributed by atoms with Gasteiger partial charge in [-0.2, -0.15) is 0 Å². The molecule has 0 fully saturated rings. The number of rotatable bonds is 6. The van der Waals surface area contributed by atoms with Crippen molar-refractivity contribution in [2.75, 3.05) is 0 Å². The van der Waals surface area contributed by atoms with Gasteiger partial charge in [-0.15, -0.1) is 0 Å². The van der Waals surface area contributed by atoms with Crippen LogP contribution in [0.5, 0.6) is 0 Å². The van der Waals surface area contributed by atoms with Gasteiger partial charge in [-0.1, -0.05) is 48.2 Å². The Morgan fingerprint density at radius 3 is 2.59 bits per heavy atom. The van der Waals surface area contributed by atoms with Crippen molar-refractivity contribution in [1.29, 1.82) is 0 Å². The Morgan fingerprint density at radius 1 is 1.04 bits per heavy atom. The van der Waals surface area contributed by atoms with E-state index in [0.717, 1.165) is 27.5 Å². The molecule has 134 valence electrons. The van der Waals surface area contributed by atoms with Gasteiger partial charge in [-0.3, -0.25) is 9.78 Å². The molecule has 2 aromatic carbocycles. The van der Waals surface area contributed by atoms with Gasteiger partial charge in [-0.05, 0) is 35.4 Å². The largest absolute Gasteiger partial charge is 0.366 e. The highest BCUT2D eigenvalue weighted by Crippen LogP contribution is 2.28. The maximum Gasteiger partial charge on any atom is 0.248 e. The first-order chi connectivity index (χ1) is 13.2. The second-order valence-electron chi connectivity index (χ2n) is 6.18. The van der Waals surface area contributed by atoms with Crippen LogP contribution in [0.1, 0.15) is 21.5 Å². The van der Waals surface area contributed by atoms with Crippen LogP contribution in [0.2, 0.25) is 0 Å². The molecular formula is C21H18N4OS. The molecule has 0 aliphatic heterocycles. The number of thioether (sulfide) groups is 1. The smallest absolute Gasteiger partial charge is 0.248 e. The van der Waals surface area contributed by atoms with Crippen LogP contribution < -0.4 is 5.73 Å². The predicted molar refractivity (Wildman–Crippen MR) is 108 cm³/mol. The van der Waals surface area contributed by atoms with Gasteiger partial charge in [-0.25, -0.2) is 4.98 Å². The minimum absolute atomic E-state index is 0.447. The summed E-state index contributed by atoms with van der Waals surface area (Å²) in [5.74, 6) is 0.372. The third-order valence-corrected chi connectivity index (χ3v) is 5.32. The number of hydrogen-bond acceptors (Lipinski definition) is 4. The number of imidazole rings is 1. The molecule has 0 atom stereocenters. The zero-order valence-corrected chi connectivity index (χ0v) is 15.4. The predicted octanol–water partition coefficient (Wildman–Crippen LogP) is 3.87. The fraction of sp³-hybridized carbons (Fsp3) is 0.0952. The Morgan fingerprint density at radius 2 is 1.85 bits per heavy atom. The van der Waals surface area contributed by atoms with Crippen molar-refractivity contribution in [3.63, 3.8) is 0 Å². The van der Waals surface area contributed by atoms with Gasteiger partial charge in [0, 0.05) is 23.7 Å². The van der Waals surface area contributed by atoms with Crippen LogP contribution in [0.15, 0.2) is 78.2 Å². The zero-order valence-electron chi connectivity index (χ0n) is 14.6. The summed E-state index contributed by atoms with van der Waals surface area (Å²) in [6.45, 7) is 0.664. The molecule has 2 heterocycles. The quantitative estimate of drug-likeness (QED) is 0.520. The van der Waals surface area contributed by atoms with Gasteiger partial charge in [0.15, 0.2) is 5.16 Å². The number of carbonyl (C=O) groups excluding carboxylic acids is 1. The lowest BCUT2D eigenvalue weighted by Crippen LogP contribution is -2.10. The number of carbonyl (C=O) groups is 1. The van der Waals surface area contributed by atoms with E-state index in [1.54, 1.807) is 30.1 Å². The first-order valence-corrected chi connectivity index (χ1v) is 9.55. The summed E-state index contributed by atoms with van der Waals surface area (Å²) in [6.07, 6.45) is 3.62. The number of nitrogens with zero attached hydrogens (tertiary/aromatic N) is 3. The van der Waals surface area contributed by atoms with Crippen LogP contribution in [0.3, 0.4) is 0 Å². The van der Waals surface area contributed by atoms with Crippen LogP contribution in [0.25, 0.3) is 11.0 Å². The Balaban J connectivity index is 1.72. The van der Waals surface area contributed by atoms with Crippen molar-refractivity contribution in [1.82, 2.24) is 14.5 Å². The van der Waals surface area contributed by atoms with Crippen molar-refractivity contribution < 1.29 is 4.79 Å². The number of primary amides is 1. The average Bonchev–Trinajstić information content (AvgIpc) is 3.04. The molecule has 0 saturated carbocycles. The van der Waals surface area contributed by atoms with Crippen LogP contribution in [-0.4, -0.2) is 20.4 Å². The van der Waals surface area contributed by atoms with E-state index in [-0.39, 0.29) is 0 Å². The van der Waals surface area contributed by atoms with Crippen molar-refractivity contribution >= 4 is 28.7 Å². The topological polar surface area (TPSA) is 73.8 Å². The molecule has 0 unspecified atom stereocenters. The van der Waals surface area contributed by atoms with Crippen LogP contribution >= 0.6 is 11.8 Å². The monoisotopic (exact) mass is 374 g/mol. The Kier molecular flexibility index (Phi) is 4.89. The van der Waals surface area contributed by atoms with Crippen LogP contribution in [-0.2, 0) is 12.3 Å². The standard InChI is InChI=1S/C21H18N4OS/c22-20(26)17-8-9-19-18(11-17)24-21(27-14-15-5-2-1-3-6-15)25(19)13-16-7-4-10-23-12-16/h1-12H,13-14H2,(H2,22,26). The molecule has 1 amide bonds. The second-order valence-corrected chi connectivity index (χ2v) is 7.13. The van der Waals surface area contributed by atoms with Gasteiger partial charge in [0.2, 0.25) is 5.91 Å². The van der Waals surface area contributed by atoms with E-state index in [1.807, 2.05) is 42.6 Å². The van der Waals surface area contributed by atoms with E-state index in [0.29, 0.717) is 12.1 Å². The summed E-state index contributed by atoms with van der Waals surface area (Å²) >= 11 is 1.67. The van der Waals surface area contributed by atoms with E-state index in [2.05, 4.69) is 21.7 Å². The maximum absolute atomic E-state index is 11.5. The van der Waals surface area contributed by atoms with E-state index in [9.17, 15) is 4.79 Å². The lowest BCUT2D eigenvalue weighted by Gasteiger charge is -2.09. The third kappa shape index (κ3) is 3.85. The van der Waals surface area contributed by atoms with E-state index >= 15 is 0 Å². The summed E-state index contributed by atoms with van der Waals surface area (Å²) in [5, 5.41) is 0.902. The SMILES string of the molecule is NC(=O)c1ccc2c(c1)nc(SCc1ccccc1)n2Cc1cccnc1. The first kappa shape index (κ1) is 17.3. The molecule has 0 radical (unpaired) electrons. The highest BCUT2D eigenvalue weighted by Gasteiger charge is 2.14. The molecule has 2 N–H and O–H groups in total. The molecule has 5 nitrogen and oxygen atoms in total. The normalized spacial score (nSPS) is 11.0. The Hall–Kier alpha value is -3.12. The molecule has 2 aromatic heterocycles. The number of pyridine rings is 1. The lowest BCUT2D eigenvalue weighted by molar-refractivity contribution is 0.100. The number of nitrogens with two attached hydrogens (primary N) is 1. The van der Waals surface area contributed by atoms with E-state index in [1.165, 1.54) is 5.56 Å². The number of aromatic nitrogens is 3. The molecule has 0 aliphatic carbocycles. The summed E-state index contributed by atoms with van der Waals surface area (Å²) < 4.78 is 2.16. The molecule has 0 bridgehead atoms. The molecule has 4 aromatic rings. The molecular weight excluding hydrogens is 356 g/mol. The van der Waals surface area contributed by atoms with Crippen LogP contribution in [0.4, 0.5) is 0 Å². The zero-order chi connectivity index (χ0) is 18.6. The fourth-order valence-electron chi connectivity index (χ4n) is 2.92. The molecule has 6 heteroatoms. The van der Waals surface area contributed by atoms with Crippen molar-refractivity contribution in [2.45, 2.75) is 17.5 Å². The minimum atomic E-state index is -0.447. The lowest BCUT2D eigenvalue weighted by atomic mass is 10.2. The molecule has 0 aliphatic rings. The number of hydrogen-bond donors (Lipinski definition) is 1. The fourth-order valence-corrected chi connectivity index (χ4v) is 3.89. The molecule has 0 saturated heterocycles. The molecule has 27 heavy (non-hydrogen) atoms. The highest BCUT2D eigenvalue weighted by molar-refractivity contribution is 7.98. The van der Waals surface area contributed by atoms with Gasteiger partial charge >= 0.3 is 0 Å². The van der Waals surface area contributed by atoms with E-state index in [4.69, 9.17) is 10.7 Å². The summed E-state index contributed by atoms with van der Waals surface area (Å²) in [6, 6.07) is 19.7. The molecule has 4 rings (SSSR count). The van der Waals surface area contributed by atoms with Crippen LogP contribution in [0, 0.1) is 0 Å². The average molecular weight is 374 g/mol. The Labute approximate surface area is 161 Å². The first-order valence-electron chi connectivity index (χ1n) is 8.56. The number of benzene rings is 2. The van der Waals surface area contributed by atoms with Gasteiger partial charge in [0.1, 0.15) is 0 Å². The minimum Gasteiger partial charge on any atom is -0.366 e. The Bertz CT molecular complexity index is 1080. The van der Waals surface area contributed by atoms with E-state index < -0.39 is 5.91 Å². The van der Waals surface area contributed by atoms with Crippen molar-refractivity contribution in [3.8, 4) is 0 Å². The van der Waals surface area contributed by atoms with Crippen molar-refractivity contribution in [2.24, 2.45) is 5.73 Å². The maximum atomic E-state index is 11.5. The number of amides is 1. The van der Waals surface area contributed by atoms with Gasteiger partial charge in [0.25, 0.3) is 0 Å². The number of fused-ring (bicyclic) bond motifs is 1. The van der Waals surface area contributed by atoms with Crippen molar-refractivity contribution in [3.05, 3.63) is 89.7 Å². The highest BCUT2D eigenvalue weighted by atomic mass is 32.2. The third-order valence-electron chi connectivity index (χ3n) is 4.27. The summed E-state index contributed by atoms with van der Waals surface area (Å²) in [7, 11) is 0.